The summed E-state index contributed by atoms with van der Waals surface area (Å²) in [5, 5.41) is 9.77. The molecule has 1 heterocycles. The van der Waals surface area contributed by atoms with Gasteiger partial charge in [-0.25, -0.2) is 13.4 Å². The molecule has 0 aliphatic carbocycles. The summed E-state index contributed by atoms with van der Waals surface area (Å²) in [5.74, 6) is 5.14. The molecule has 0 saturated carbocycles. The lowest BCUT2D eigenvalue weighted by atomic mass is 10.2. The molecule has 0 fully saturated rings. The van der Waals surface area contributed by atoms with E-state index in [0.717, 1.165) is 11.3 Å². The van der Waals surface area contributed by atoms with Crippen molar-refractivity contribution in [3.8, 4) is 11.8 Å². The van der Waals surface area contributed by atoms with E-state index in [9.17, 15) is 8.42 Å². The van der Waals surface area contributed by atoms with Crippen molar-refractivity contribution in [1.29, 1.82) is 0 Å². The number of rotatable bonds is 3. The van der Waals surface area contributed by atoms with Crippen molar-refractivity contribution in [3.05, 3.63) is 40.0 Å². The van der Waals surface area contributed by atoms with Crippen molar-refractivity contribution in [1.82, 2.24) is 4.98 Å². The van der Waals surface area contributed by atoms with Crippen molar-refractivity contribution in [2.24, 2.45) is 0 Å². The molecule has 0 bridgehead atoms. The molecule has 110 valence electrons. The highest BCUT2D eigenvalue weighted by molar-refractivity contribution is 7.94. The molecule has 1 aromatic carbocycles. The van der Waals surface area contributed by atoms with Gasteiger partial charge in [-0.1, -0.05) is 23.4 Å². The van der Waals surface area contributed by atoms with Crippen molar-refractivity contribution in [2.45, 2.75) is 11.1 Å². The first-order valence-corrected chi connectivity index (χ1v) is 8.44. The quantitative estimate of drug-likeness (QED) is 0.838. The molecule has 0 atom stereocenters. The number of hydrogen-bond acceptors (Lipinski definition) is 5. The Morgan fingerprint density at radius 2 is 2.24 bits per heavy atom. The molecule has 2 rings (SSSR count). The Morgan fingerprint density at radius 3 is 2.86 bits per heavy atom. The average Bonchev–Trinajstić information content (AvgIpc) is 2.85. The van der Waals surface area contributed by atoms with Crippen LogP contribution in [0.4, 0.5) is 5.69 Å². The summed E-state index contributed by atoms with van der Waals surface area (Å²) < 4.78 is 27.1. The Bertz CT molecular complexity index is 819. The van der Waals surface area contributed by atoms with E-state index in [1.54, 1.807) is 19.1 Å². The lowest BCUT2D eigenvalue weighted by molar-refractivity contribution is 0.350. The number of aliphatic hydroxyl groups excluding tert-OH is 1. The monoisotopic (exact) mass is 342 g/mol. The molecule has 0 amide bonds. The number of aromatic nitrogens is 1. The van der Waals surface area contributed by atoms with Gasteiger partial charge in [0.1, 0.15) is 6.61 Å². The number of aryl methyl sites for hydroxylation is 1. The van der Waals surface area contributed by atoms with Gasteiger partial charge < -0.3 is 5.11 Å². The topological polar surface area (TPSA) is 79.3 Å². The zero-order valence-electron chi connectivity index (χ0n) is 10.9. The number of benzene rings is 1. The number of halogens is 1. The molecule has 0 unspecified atom stereocenters. The normalized spacial score (nSPS) is 10.8. The number of aliphatic hydroxyl groups is 1. The first kappa shape index (κ1) is 15.8. The predicted molar refractivity (Wildman–Crippen MR) is 83.1 cm³/mol. The van der Waals surface area contributed by atoms with Crippen LogP contribution in [0.5, 0.6) is 0 Å². The summed E-state index contributed by atoms with van der Waals surface area (Å²) in [6.07, 6.45) is 1.30. The highest BCUT2D eigenvalue weighted by atomic mass is 35.5. The third-order valence-corrected chi connectivity index (χ3v) is 5.37. The van der Waals surface area contributed by atoms with E-state index in [4.69, 9.17) is 16.7 Å². The van der Waals surface area contributed by atoms with E-state index >= 15 is 0 Å². The number of hydrogen-bond donors (Lipinski definition) is 2. The summed E-state index contributed by atoms with van der Waals surface area (Å²) >= 11 is 6.96. The fourth-order valence-electron chi connectivity index (χ4n) is 1.51. The largest absolute Gasteiger partial charge is 0.384 e. The lowest BCUT2D eigenvalue weighted by Crippen LogP contribution is -2.12. The molecule has 21 heavy (non-hydrogen) atoms. The molecule has 0 radical (unpaired) electrons. The predicted octanol–water partition coefficient (Wildman–Crippen LogP) is 2.25. The summed E-state index contributed by atoms with van der Waals surface area (Å²) in [6, 6.07) is 4.65. The Labute approximate surface area is 131 Å². The maximum absolute atomic E-state index is 12.3. The van der Waals surface area contributed by atoms with Crippen LogP contribution in [0.2, 0.25) is 5.02 Å². The van der Waals surface area contributed by atoms with Crippen molar-refractivity contribution in [2.75, 3.05) is 11.3 Å². The van der Waals surface area contributed by atoms with Crippen LogP contribution in [0.1, 0.15) is 10.6 Å². The van der Waals surface area contributed by atoms with Gasteiger partial charge in [0.2, 0.25) is 0 Å². The minimum Gasteiger partial charge on any atom is -0.384 e. The summed E-state index contributed by atoms with van der Waals surface area (Å²) in [5.41, 5.74) is 0.688. The van der Waals surface area contributed by atoms with Gasteiger partial charge in [-0.2, -0.15) is 0 Å². The number of anilines is 1. The highest BCUT2D eigenvalue weighted by Gasteiger charge is 2.18. The minimum absolute atomic E-state index is 0.112. The van der Waals surface area contributed by atoms with E-state index in [2.05, 4.69) is 21.5 Å². The van der Waals surface area contributed by atoms with Crippen LogP contribution >= 0.6 is 22.9 Å². The van der Waals surface area contributed by atoms with E-state index in [1.165, 1.54) is 12.3 Å². The molecule has 2 N–H and O–H groups in total. The van der Waals surface area contributed by atoms with Gasteiger partial charge in [-0.15, -0.1) is 11.3 Å². The van der Waals surface area contributed by atoms with Gasteiger partial charge in [0.25, 0.3) is 10.0 Å². The molecule has 5 nitrogen and oxygen atoms in total. The Kier molecular flexibility index (Phi) is 4.85. The Balaban J connectivity index is 2.41. The minimum atomic E-state index is -3.74. The van der Waals surface area contributed by atoms with Gasteiger partial charge in [-0.05, 0) is 25.1 Å². The Hall–Kier alpha value is -1.59. The van der Waals surface area contributed by atoms with Crippen LogP contribution < -0.4 is 4.72 Å². The van der Waals surface area contributed by atoms with Crippen molar-refractivity contribution >= 4 is 38.6 Å². The van der Waals surface area contributed by atoms with Gasteiger partial charge in [-0.3, -0.25) is 4.72 Å². The van der Waals surface area contributed by atoms with Crippen molar-refractivity contribution in [3.63, 3.8) is 0 Å². The van der Waals surface area contributed by atoms with Gasteiger partial charge in [0.05, 0.1) is 16.9 Å². The smallest absolute Gasteiger partial charge is 0.273 e. The van der Waals surface area contributed by atoms with Crippen LogP contribution in [0, 0.1) is 18.8 Å². The van der Waals surface area contributed by atoms with E-state index < -0.39 is 10.0 Å². The SMILES string of the molecule is Cc1ncc(S(=O)(=O)Nc2cc(Cl)ccc2C#CCO)s1. The van der Waals surface area contributed by atoms with Crippen LogP contribution in [-0.4, -0.2) is 25.1 Å². The molecule has 1 aromatic heterocycles. The molecular formula is C13H11ClN2O3S2. The lowest BCUT2D eigenvalue weighted by Gasteiger charge is -2.08. The number of thiazole rings is 1. The fourth-order valence-corrected chi connectivity index (χ4v) is 3.86. The van der Waals surface area contributed by atoms with E-state index in [-0.39, 0.29) is 16.5 Å². The number of nitrogens with one attached hydrogen (secondary N) is 1. The molecule has 8 heteroatoms. The highest BCUT2D eigenvalue weighted by Crippen LogP contribution is 2.25. The zero-order chi connectivity index (χ0) is 15.5. The molecule has 0 aliphatic heterocycles. The molecule has 0 spiro atoms. The van der Waals surface area contributed by atoms with Gasteiger partial charge >= 0.3 is 0 Å². The maximum atomic E-state index is 12.3. The summed E-state index contributed by atoms with van der Waals surface area (Å²) in [4.78, 5) is 3.93. The number of nitrogens with zero attached hydrogens (tertiary/aromatic N) is 1. The molecule has 2 aromatic rings. The average molecular weight is 343 g/mol. The first-order chi connectivity index (χ1) is 9.92. The molecule has 0 saturated heterocycles. The molecular weight excluding hydrogens is 332 g/mol. The van der Waals surface area contributed by atoms with Gasteiger partial charge in [0.15, 0.2) is 4.21 Å². The Morgan fingerprint density at radius 1 is 1.48 bits per heavy atom. The second kappa shape index (κ2) is 6.45. The van der Waals surface area contributed by atoms with Crippen LogP contribution in [0.25, 0.3) is 0 Å². The summed E-state index contributed by atoms with van der Waals surface area (Å²) in [6.45, 7) is 1.41. The standard InChI is InChI=1S/C13H11ClN2O3S2/c1-9-15-8-13(20-9)21(18,19)16-12-7-11(14)5-4-10(12)3-2-6-17/h4-5,7-8,16-17H,6H2,1H3. The maximum Gasteiger partial charge on any atom is 0.273 e. The third-order valence-electron chi connectivity index (χ3n) is 2.39. The van der Waals surface area contributed by atoms with Crippen LogP contribution in [-0.2, 0) is 10.0 Å². The van der Waals surface area contributed by atoms with Crippen LogP contribution in [0.3, 0.4) is 0 Å². The van der Waals surface area contributed by atoms with Gasteiger partial charge in [0, 0.05) is 10.6 Å². The second-order valence-electron chi connectivity index (χ2n) is 3.95. The van der Waals surface area contributed by atoms with Crippen LogP contribution in [0.15, 0.2) is 28.6 Å². The number of sulfonamides is 1. The second-order valence-corrected chi connectivity index (χ2v) is 7.53. The summed E-state index contributed by atoms with van der Waals surface area (Å²) in [7, 11) is -3.74. The zero-order valence-corrected chi connectivity index (χ0v) is 13.3. The van der Waals surface area contributed by atoms with E-state index in [0.29, 0.717) is 15.6 Å². The first-order valence-electron chi connectivity index (χ1n) is 5.77. The fraction of sp³-hybridized carbons (Fsp3) is 0.154. The molecule has 0 aliphatic rings. The van der Waals surface area contributed by atoms with Crippen molar-refractivity contribution < 1.29 is 13.5 Å². The third kappa shape index (κ3) is 3.95. The van der Waals surface area contributed by atoms with E-state index in [1.807, 2.05) is 0 Å².